The van der Waals surface area contributed by atoms with E-state index in [1.54, 1.807) is 0 Å². The minimum atomic E-state index is -0.0735. The molecule has 1 fully saturated rings. The van der Waals surface area contributed by atoms with Crippen molar-refractivity contribution in [3.05, 3.63) is 23.8 Å². The number of amides is 2. The molecule has 6 heteroatoms. The fraction of sp³-hybridized carbons (Fsp3) is 0.619. The monoisotopic (exact) mass is 374 g/mol. The lowest BCUT2D eigenvalue weighted by Crippen LogP contribution is -2.29. The van der Waals surface area contributed by atoms with Gasteiger partial charge in [0.05, 0.1) is 5.56 Å². The average Bonchev–Trinajstić information content (AvgIpc) is 3.12. The predicted octanol–water partition coefficient (Wildman–Crippen LogP) is 2.95. The number of nitrogens with one attached hydrogen (secondary N) is 2. The minimum absolute atomic E-state index is 0.0173. The van der Waals surface area contributed by atoms with Crippen LogP contribution < -0.4 is 15.5 Å². The van der Waals surface area contributed by atoms with E-state index in [0.717, 1.165) is 44.6 Å². The van der Waals surface area contributed by atoms with Crippen LogP contribution in [-0.2, 0) is 4.79 Å². The molecule has 0 radical (unpaired) electrons. The Morgan fingerprint density at radius 2 is 1.89 bits per heavy atom. The van der Waals surface area contributed by atoms with Gasteiger partial charge in [0.25, 0.3) is 5.91 Å². The van der Waals surface area contributed by atoms with Gasteiger partial charge in [0.1, 0.15) is 0 Å². The molecule has 150 valence electrons. The van der Waals surface area contributed by atoms with Crippen LogP contribution in [0.5, 0.6) is 0 Å². The Morgan fingerprint density at radius 1 is 1.19 bits per heavy atom. The minimum Gasteiger partial charge on any atom is -0.371 e. The Hall–Kier alpha value is -2.08. The third-order valence-electron chi connectivity index (χ3n) is 4.63. The average molecular weight is 375 g/mol. The van der Waals surface area contributed by atoms with Crippen molar-refractivity contribution in [2.45, 2.75) is 39.5 Å². The molecule has 1 aromatic carbocycles. The third-order valence-corrected chi connectivity index (χ3v) is 4.63. The Balaban J connectivity index is 2.12. The summed E-state index contributed by atoms with van der Waals surface area (Å²) in [5.74, 6) is 0.209. The van der Waals surface area contributed by atoms with Crippen LogP contribution in [0.2, 0.25) is 0 Å². The van der Waals surface area contributed by atoms with E-state index in [0.29, 0.717) is 30.1 Å². The predicted molar refractivity (Wildman–Crippen MR) is 111 cm³/mol. The number of anilines is 2. The molecule has 1 aliphatic heterocycles. The lowest BCUT2D eigenvalue weighted by atomic mass is 10.1. The first-order chi connectivity index (χ1) is 12.9. The molecule has 1 heterocycles. The quantitative estimate of drug-likeness (QED) is 0.652. The van der Waals surface area contributed by atoms with E-state index in [2.05, 4.69) is 20.4 Å². The zero-order chi connectivity index (χ0) is 19.8. The molecule has 6 nitrogen and oxygen atoms in total. The number of carbonyl (C=O) groups is 2. The third kappa shape index (κ3) is 6.86. The van der Waals surface area contributed by atoms with Crippen molar-refractivity contribution >= 4 is 23.2 Å². The molecule has 1 saturated heterocycles. The van der Waals surface area contributed by atoms with E-state index in [4.69, 9.17) is 0 Å². The van der Waals surface area contributed by atoms with Crippen LogP contribution in [0.3, 0.4) is 0 Å². The van der Waals surface area contributed by atoms with Crippen LogP contribution in [0.4, 0.5) is 11.4 Å². The van der Waals surface area contributed by atoms with E-state index < -0.39 is 0 Å². The van der Waals surface area contributed by atoms with E-state index >= 15 is 0 Å². The summed E-state index contributed by atoms with van der Waals surface area (Å²) in [4.78, 5) is 29.3. The molecular formula is C21H34N4O2. The fourth-order valence-corrected chi connectivity index (χ4v) is 3.30. The van der Waals surface area contributed by atoms with Gasteiger partial charge in [-0.15, -0.1) is 0 Å². The number of nitrogens with zero attached hydrogens (tertiary/aromatic N) is 2. The van der Waals surface area contributed by atoms with Crippen LogP contribution in [0.15, 0.2) is 18.2 Å². The van der Waals surface area contributed by atoms with Gasteiger partial charge in [-0.05, 0) is 64.0 Å². The fourth-order valence-electron chi connectivity index (χ4n) is 3.30. The highest BCUT2D eigenvalue weighted by Gasteiger charge is 2.20. The van der Waals surface area contributed by atoms with Crippen molar-refractivity contribution in [2.75, 3.05) is 50.5 Å². The van der Waals surface area contributed by atoms with Crippen LogP contribution in [0.1, 0.15) is 49.9 Å². The molecule has 0 aliphatic carbocycles. The SMILES string of the molecule is CC(C)CC(=O)Nc1ccc(N2CCCC2)c(C(=O)NCCCN(C)C)c1. The van der Waals surface area contributed by atoms with Crippen molar-refractivity contribution < 1.29 is 9.59 Å². The Morgan fingerprint density at radius 3 is 2.52 bits per heavy atom. The highest BCUT2D eigenvalue weighted by atomic mass is 16.2. The molecule has 0 saturated carbocycles. The van der Waals surface area contributed by atoms with E-state index in [1.807, 2.05) is 46.1 Å². The lowest BCUT2D eigenvalue weighted by Gasteiger charge is -2.22. The maximum absolute atomic E-state index is 12.8. The molecular weight excluding hydrogens is 340 g/mol. The Labute approximate surface area is 163 Å². The van der Waals surface area contributed by atoms with Crippen LogP contribution in [0, 0.1) is 5.92 Å². The largest absolute Gasteiger partial charge is 0.371 e. The summed E-state index contributed by atoms with van der Waals surface area (Å²) >= 11 is 0. The molecule has 2 amide bonds. The molecule has 27 heavy (non-hydrogen) atoms. The van der Waals surface area contributed by atoms with Gasteiger partial charge in [-0.2, -0.15) is 0 Å². The van der Waals surface area contributed by atoms with Crippen molar-refractivity contribution in [3.63, 3.8) is 0 Å². The zero-order valence-electron chi connectivity index (χ0n) is 17.2. The lowest BCUT2D eigenvalue weighted by molar-refractivity contribution is -0.116. The Bertz CT molecular complexity index is 637. The van der Waals surface area contributed by atoms with E-state index in [-0.39, 0.29) is 11.8 Å². The molecule has 2 N–H and O–H groups in total. The summed E-state index contributed by atoms with van der Waals surface area (Å²) in [6.07, 6.45) is 3.68. The zero-order valence-corrected chi connectivity index (χ0v) is 17.2. The standard InChI is InChI=1S/C21H34N4O2/c1-16(2)14-20(26)23-17-8-9-19(25-12-5-6-13-25)18(15-17)21(27)22-10-7-11-24(3)4/h8-9,15-16H,5-7,10-14H2,1-4H3,(H,22,27)(H,23,26). The first-order valence-electron chi connectivity index (χ1n) is 9.98. The highest BCUT2D eigenvalue weighted by Crippen LogP contribution is 2.27. The first kappa shape index (κ1) is 21.2. The molecule has 1 aromatic rings. The summed E-state index contributed by atoms with van der Waals surface area (Å²) in [5.41, 5.74) is 2.28. The molecule has 0 bridgehead atoms. The van der Waals surface area contributed by atoms with Crippen molar-refractivity contribution in [1.29, 1.82) is 0 Å². The van der Waals surface area contributed by atoms with Gasteiger partial charge in [-0.1, -0.05) is 13.8 Å². The van der Waals surface area contributed by atoms with Gasteiger partial charge in [0.15, 0.2) is 0 Å². The van der Waals surface area contributed by atoms with E-state index in [9.17, 15) is 9.59 Å². The van der Waals surface area contributed by atoms with Crippen molar-refractivity contribution in [3.8, 4) is 0 Å². The molecule has 0 aromatic heterocycles. The summed E-state index contributed by atoms with van der Waals surface area (Å²) in [7, 11) is 4.05. The van der Waals surface area contributed by atoms with Crippen LogP contribution in [-0.4, -0.2) is 57.0 Å². The van der Waals surface area contributed by atoms with Gasteiger partial charge in [0.2, 0.25) is 5.91 Å². The van der Waals surface area contributed by atoms with Gasteiger partial charge < -0.3 is 20.4 Å². The molecule has 1 aliphatic rings. The summed E-state index contributed by atoms with van der Waals surface area (Å²) in [5, 5.41) is 5.95. The van der Waals surface area contributed by atoms with Gasteiger partial charge in [0, 0.05) is 37.4 Å². The summed E-state index contributed by atoms with van der Waals surface area (Å²) in [6, 6.07) is 5.67. The molecule has 2 rings (SSSR count). The maximum atomic E-state index is 12.8. The number of hydrogen-bond acceptors (Lipinski definition) is 4. The normalized spacial score (nSPS) is 14.1. The van der Waals surface area contributed by atoms with E-state index in [1.165, 1.54) is 0 Å². The van der Waals surface area contributed by atoms with Gasteiger partial charge in [-0.3, -0.25) is 9.59 Å². The molecule has 0 spiro atoms. The first-order valence-corrected chi connectivity index (χ1v) is 9.98. The number of rotatable bonds is 9. The van der Waals surface area contributed by atoms with Crippen molar-refractivity contribution in [1.82, 2.24) is 10.2 Å². The number of hydrogen-bond donors (Lipinski definition) is 2. The number of carbonyl (C=O) groups excluding carboxylic acids is 2. The second kappa shape index (κ2) is 10.3. The summed E-state index contributed by atoms with van der Waals surface area (Å²) in [6.45, 7) is 7.55. The highest BCUT2D eigenvalue weighted by molar-refractivity contribution is 6.02. The number of benzene rings is 1. The second-order valence-electron chi connectivity index (χ2n) is 7.98. The maximum Gasteiger partial charge on any atom is 0.253 e. The van der Waals surface area contributed by atoms with Gasteiger partial charge >= 0.3 is 0 Å². The van der Waals surface area contributed by atoms with Crippen LogP contribution >= 0.6 is 0 Å². The second-order valence-corrected chi connectivity index (χ2v) is 7.98. The van der Waals surface area contributed by atoms with Crippen LogP contribution in [0.25, 0.3) is 0 Å². The Kier molecular flexibility index (Phi) is 8.10. The summed E-state index contributed by atoms with van der Waals surface area (Å²) < 4.78 is 0. The smallest absolute Gasteiger partial charge is 0.253 e. The topological polar surface area (TPSA) is 64.7 Å². The van der Waals surface area contributed by atoms with Gasteiger partial charge in [-0.25, -0.2) is 0 Å². The van der Waals surface area contributed by atoms with Crippen molar-refractivity contribution in [2.24, 2.45) is 5.92 Å². The molecule has 0 unspecified atom stereocenters. The molecule has 0 atom stereocenters.